The molecule has 28 heavy (non-hydrogen) atoms. The number of carbonyl (C=O) groups excluding carboxylic acids is 3. The Morgan fingerprint density at radius 2 is 2.00 bits per heavy atom. The molecule has 0 saturated carbocycles. The molecule has 1 N–H and O–H groups in total. The molecule has 3 rings (SSSR count). The highest BCUT2D eigenvalue weighted by molar-refractivity contribution is 7.14. The first-order chi connectivity index (χ1) is 13.3. The van der Waals surface area contributed by atoms with Crippen LogP contribution in [-0.4, -0.2) is 81.0 Å². The van der Waals surface area contributed by atoms with Crippen LogP contribution in [0.5, 0.6) is 0 Å². The van der Waals surface area contributed by atoms with Crippen molar-refractivity contribution >= 4 is 29.1 Å². The Hall–Kier alpha value is -1.93. The van der Waals surface area contributed by atoms with Gasteiger partial charge in [-0.2, -0.15) is 0 Å². The number of rotatable bonds is 5. The number of piperazine rings is 1. The fourth-order valence-corrected chi connectivity index (χ4v) is 4.82. The van der Waals surface area contributed by atoms with Crippen LogP contribution >= 0.6 is 11.3 Å². The zero-order chi connectivity index (χ0) is 20.3. The van der Waals surface area contributed by atoms with E-state index >= 15 is 0 Å². The van der Waals surface area contributed by atoms with E-state index in [-0.39, 0.29) is 18.4 Å². The molecule has 7 nitrogen and oxygen atoms in total. The summed E-state index contributed by atoms with van der Waals surface area (Å²) in [5.74, 6) is 0.181. The average molecular weight is 409 g/mol. The van der Waals surface area contributed by atoms with Crippen LogP contribution in [0.2, 0.25) is 0 Å². The Balaban J connectivity index is 1.43. The molecular weight excluding hydrogens is 378 g/mol. The van der Waals surface area contributed by atoms with E-state index in [9.17, 15) is 14.4 Å². The van der Waals surface area contributed by atoms with Gasteiger partial charge in [-0.25, -0.2) is 4.79 Å². The van der Waals surface area contributed by atoms with Crippen molar-refractivity contribution in [2.45, 2.75) is 26.2 Å². The maximum atomic E-state index is 12.4. The highest BCUT2D eigenvalue weighted by atomic mass is 32.1. The van der Waals surface area contributed by atoms with Gasteiger partial charge in [0.15, 0.2) is 13.2 Å². The Labute approximate surface area is 170 Å². The molecule has 1 atom stereocenters. The summed E-state index contributed by atoms with van der Waals surface area (Å²) in [6.45, 7) is 5.09. The number of esters is 1. The Morgan fingerprint density at radius 3 is 2.68 bits per heavy atom. The summed E-state index contributed by atoms with van der Waals surface area (Å²) in [5.41, 5.74) is 1.26. The summed E-state index contributed by atoms with van der Waals surface area (Å²) < 4.78 is 5.28. The lowest BCUT2D eigenvalue weighted by Gasteiger charge is -2.32. The molecule has 0 radical (unpaired) electrons. The number of quaternary nitrogens is 1. The number of aryl methyl sites for hydroxylation is 1. The first kappa shape index (κ1) is 20.8. The number of hydrogen-bond acceptors (Lipinski definition) is 5. The van der Waals surface area contributed by atoms with E-state index in [0.717, 1.165) is 32.4 Å². The molecule has 0 unspecified atom stereocenters. The van der Waals surface area contributed by atoms with E-state index in [1.165, 1.54) is 26.7 Å². The zero-order valence-electron chi connectivity index (χ0n) is 17.0. The monoisotopic (exact) mass is 408 g/mol. The van der Waals surface area contributed by atoms with Crippen molar-refractivity contribution in [3.05, 3.63) is 21.4 Å². The van der Waals surface area contributed by atoms with Crippen LogP contribution in [0.15, 0.2) is 6.07 Å². The minimum Gasteiger partial charge on any atom is -0.451 e. The summed E-state index contributed by atoms with van der Waals surface area (Å²) in [6.07, 6.45) is 3.20. The highest BCUT2D eigenvalue weighted by Crippen LogP contribution is 2.32. The molecule has 1 aliphatic heterocycles. The van der Waals surface area contributed by atoms with Gasteiger partial charge in [0.05, 0.1) is 26.2 Å². The quantitative estimate of drug-likeness (QED) is 0.688. The Bertz CT molecular complexity index is 738. The number of thiophene rings is 1. The van der Waals surface area contributed by atoms with Crippen LogP contribution in [0.1, 0.15) is 33.5 Å². The van der Waals surface area contributed by atoms with Crippen molar-refractivity contribution in [2.24, 2.45) is 5.92 Å². The number of likely N-dealkylation sites (N-methyl/N-ethyl adjacent to an activating group) is 1. The first-order valence-electron chi connectivity index (χ1n) is 9.93. The van der Waals surface area contributed by atoms with Crippen molar-refractivity contribution in [3.8, 4) is 0 Å². The van der Waals surface area contributed by atoms with Gasteiger partial charge in [-0.1, -0.05) is 6.92 Å². The summed E-state index contributed by atoms with van der Waals surface area (Å²) >= 11 is 1.50. The molecule has 1 aromatic heterocycles. The second-order valence-corrected chi connectivity index (χ2v) is 9.22. The molecule has 1 aliphatic carbocycles. The highest BCUT2D eigenvalue weighted by Gasteiger charge is 2.27. The number of ether oxygens (including phenoxy) is 1. The lowest BCUT2D eigenvalue weighted by atomic mass is 9.90. The van der Waals surface area contributed by atoms with Gasteiger partial charge in [0.25, 0.3) is 11.8 Å². The molecule has 154 valence electrons. The van der Waals surface area contributed by atoms with E-state index in [2.05, 4.69) is 6.92 Å². The molecule has 1 aromatic rings. The van der Waals surface area contributed by atoms with E-state index in [1.807, 2.05) is 6.07 Å². The van der Waals surface area contributed by atoms with Crippen molar-refractivity contribution in [1.82, 2.24) is 9.80 Å². The lowest BCUT2D eigenvalue weighted by molar-refractivity contribution is -0.896. The summed E-state index contributed by atoms with van der Waals surface area (Å²) in [5, 5.41) is 0. The molecule has 0 bridgehead atoms. The van der Waals surface area contributed by atoms with Crippen LogP contribution in [-0.2, 0) is 27.2 Å². The minimum atomic E-state index is -0.402. The van der Waals surface area contributed by atoms with E-state index in [0.29, 0.717) is 30.4 Å². The van der Waals surface area contributed by atoms with E-state index in [4.69, 9.17) is 4.74 Å². The minimum absolute atomic E-state index is 0.0942. The van der Waals surface area contributed by atoms with Crippen molar-refractivity contribution in [2.75, 3.05) is 53.4 Å². The molecule has 1 saturated heterocycles. The van der Waals surface area contributed by atoms with Crippen LogP contribution < -0.4 is 4.90 Å². The molecule has 2 amide bonds. The largest absolute Gasteiger partial charge is 0.451 e. The van der Waals surface area contributed by atoms with Crippen molar-refractivity contribution in [3.63, 3.8) is 0 Å². The van der Waals surface area contributed by atoms with E-state index < -0.39 is 5.97 Å². The second kappa shape index (κ2) is 9.05. The SMILES string of the molecule is C[C@@H]1CCc2sc(C(=O)OCC(=O)N3CC[NH+](CC(=O)N(C)C)CC3)cc2C1. The second-order valence-electron chi connectivity index (χ2n) is 8.08. The third kappa shape index (κ3) is 5.11. The molecule has 2 heterocycles. The number of fused-ring (bicyclic) bond motifs is 1. The Kier molecular flexibility index (Phi) is 6.72. The fraction of sp³-hybridized carbons (Fsp3) is 0.650. The van der Waals surface area contributed by atoms with Gasteiger partial charge in [-0.05, 0) is 36.8 Å². The molecule has 0 spiro atoms. The topological polar surface area (TPSA) is 71.4 Å². The van der Waals surface area contributed by atoms with Gasteiger partial charge in [-0.3, -0.25) is 9.59 Å². The average Bonchev–Trinajstić information content (AvgIpc) is 3.09. The molecule has 8 heteroatoms. The van der Waals surface area contributed by atoms with Crippen LogP contribution in [0.25, 0.3) is 0 Å². The summed E-state index contributed by atoms with van der Waals surface area (Å²) in [7, 11) is 3.50. The number of carbonyl (C=O) groups is 3. The van der Waals surface area contributed by atoms with Crippen LogP contribution in [0.3, 0.4) is 0 Å². The predicted molar refractivity (Wildman–Crippen MR) is 107 cm³/mol. The molecule has 2 aliphatic rings. The van der Waals surface area contributed by atoms with Crippen molar-refractivity contribution in [1.29, 1.82) is 0 Å². The number of hydrogen-bond donors (Lipinski definition) is 1. The molecular formula is C20H30N3O4S+. The zero-order valence-corrected chi connectivity index (χ0v) is 17.8. The summed E-state index contributed by atoms with van der Waals surface area (Å²) in [4.78, 5) is 42.9. The van der Waals surface area contributed by atoms with Gasteiger partial charge in [0.1, 0.15) is 4.88 Å². The normalized spacial score (nSPS) is 19.8. The van der Waals surface area contributed by atoms with Gasteiger partial charge in [0.2, 0.25) is 0 Å². The number of nitrogens with zero attached hydrogens (tertiary/aromatic N) is 2. The molecule has 0 aromatic carbocycles. The fourth-order valence-electron chi connectivity index (χ4n) is 3.72. The lowest BCUT2D eigenvalue weighted by Crippen LogP contribution is -3.15. The van der Waals surface area contributed by atoms with Gasteiger partial charge >= 0.3 is 5.97 Å². The standard InChI is InChI=1S/C20H29N3O4S/c1-14-4-5-16-15(10-14)11-17(28-16)20(26)27-13-19(25)23-8-6-22(7-9-23)12-18(24)21(2)3/h11,14H,4-10,12-13H2,1-3H3/p+1/t14-/m1/s1. The maximum absolute atomic E-state index is 12.4. The predicted octanol–water partition coefficient (Wildman–Crippen LogP) is -0.155. The van der Waals surface area contributed by atoms with E-state index in [1.54, 1.807) is 23.9 Å². The smallest absolute Gasteiger partial charge is 0.348 e. The van der Waals surface area contributed by atoms with Crippen molar-refractivity contribution < 1.29 is 24.0 Å². The third-order valence-corrected chi connectivity index (χ3v) is 6.80. The van der Waals surface area contributed by atoms with Gasteiger partial charge < -0.3 is 19.4 Å². The first-order valence-corrected chi connectivity index (χ1v) is 10.8. The van der Waals surface area contributed by atoms with Gasteiger partial charge in [0, 0.05) is 19.0 Å². The molecule has 1 fully saturated rings. The third-order valence-electron chi connectivity index (χ3n) is 5.58. The number of amides is 2. The Morgan fingerprint density at radius 1 is 1.29 bits per heavy atom. The van der Waals surface area contributed by atoms with Crippen LogP contribution in [0.4, 0.5) is 0 Å². The van der Waals surface area contributed by atoms with Crippen LogP contribution in [0, 0.1) is 5.92 Å². The number of nitrogens with one attached hydrogen (secondary N) is 1. The van der Waals surface area contributed by atoms with Gasteiger partial charge in [-0.15, -0.1) is 11.3 Å². The maximum Gasteiger partial charge on any atom is 0.348 e. The summed E-state index contributed by atoms with van der Waals surface area (Å²) in [6, 6.07) is 1.94.